The number of hydrogen-bond acceptors (Lipinski definition) is 1. The molecule has 0 fully saturated rings. The number of rotatable bonds is 2. The van der Waals surface area contributed by atoms with Gasteiger partial charge in [-0.2, -0.15) is 0 Å². The summed E-state index contributed by atoms with van der Waals surface area (Å²) in [6.45, 7) is 0. The molecular formula is C9H6FNO. The van der Waals surface area contributed by atoms with E-state index in [2.05, 4.69) is 11.2 Å². The van der Waals surface area contributed by atoms with Crippen LogP contribution in [0, 0.1) is 18.2 Å². The Balaban J connectivity index is 3.04. The maximum Gasteiger partial charge on any atom is 0.211 e. The van der Waals surface area contributed by atoms with Crippen molar-refractivity contribution >= 4 is 12.1 Å². The van der Waals surface area contributed by atoms with Gasteiger partial charge in [-0.05, 0) is 18.2 Å². The van der Waals surface area contributed by atoms with Crippen LogP contribution < -0.4 is 5.32 Å². The van der Waals surface area contributed by atoms with Crippen LogP contribution in [0.3, 0.4) is 0 Å². The monoisotopic (exact) mass is 163 g/mol. The van der Waals surface area contributed by atoms with Crippen LogP contribution in [0.4, 0.5) is 10.1 Å². The summed E-state index contributed by atoms with van der Waals surface area (Å²) in [6, 6.07) is 4.15. The molecule has 0 unspecified atom stereocenters. The van der Waals surface area contributed by atoms with Crippen molar-refractivity contribution in [2.75, 3.05) is 5.32 Å². The van der Waals surface area contributed by atoms with E-state index in [0.29, 0.717) is 12.0 Å². The molecule has 60 valence electrons. The van der Waals surface area contributed by atoms with Crippen molar-refractivity contribution in [3.05, 3.63) is 29.6 Å². The summed E-state index contributed by atoms with van der Waals surface area (Å²) in [5, 5.41) is 2.20. The first-order chi connectivity index (χ1) is 5.77. The molecule has 0 spiro atoms. The fourth-order valence-electron chi connectivity index (χ4n) is 0.785. The third-order valence-corrected chi connectivity index (χ3v) is 1.35. The first-order valence-electron chi connectivity index (χ1n) is 3.24. The lowest BCUT2D eigenvalue weighted by atomic mass is 10.2. The third kappa shape index (κ3) is 1.61. The van der Waals surface area contributed by atoms with Gasteiger partial charge in [0.1, 0.15) is 5.82 Å². The van der Waals surface area contributed by atoms with Gasteiger partial charge in [0.25, 0.3) is 0 Å². The van der Waals surface area contributed by atoms with Crippen LogP contribution >= 0.6 is 0 Å². The van der Waals surface area contributed by atoms with Crippen LogP contribution in [0.1, 0.15) is 5.56 Å². The van der Waals surface area contributed by atoms with E-state index in [1.54, 1.807) is 6.07 Å². The molecule has 0 aliphatic rings. The highest BCUT2D eigenvalue weighted by Crippen LogP contribution is 2.13. The first kappa shape index (κ1) is 8.28. The van der Waals surface area contributed by atoms with E-state index in [1.165, 1.54) is 12.1 Å². The largest absolute Gasteiger partial charge is 0.326 e. The molecule has 0 aliphatic carbocycles. The van der Waals surface area contributed by atoms with E-state index in [0.717, 1.165) is 0 Å². The molecule has 1 rings (SSSR count). The maximum atomic E-state index is 12.9. The normalized spacial score (nSPS) is 8.67. The molecule has 0 bridgehead atoms. The Morgan fingerprint density at radius 3 is 2.83 bits per heavy atom. The highest BCUT2D eigenvalue weighted by atomic mass is 19.1. The van der Waals surface area contributed by atoms with E-state index < -0.39 is 5.82 Å². The molecular weight excluding hydrogens is 157 g/mol. The summed E-state index contributed by atoms with van der Waals surface area (Å²) in [5.41, 5.74) is 0.577. The average Bonchev–Trinajstić information content (AvgIpc) is 2.09. The Hall–Kier alpha value is -1.82. The molecule has 0 radical (unpaired) electrons. The number of anilines is 1. The van der Waals surface area contributed by atoms with E-state index in [1.807, 2.05) is 0 Å². The number of terminal acetylenes is 1. The molecule has 12 heavy (non-hydrogen) atoms. The minimum absolute atomic E-state index is 0.129. The molecule has 3 heteroatoms. The molecule has 1 aromatic carbocycles. The Labute approximate surface area is 69.4 Å². The van der Waals surface area contributed by atoms with E-state index >= 15 is 0 Å². The van der Waals surface area contributed by atoms with Crippen molar-refractivity contribution in [1.82, 2.24) is 0 Å². The summed E-state index contributed by atoms with van der Waals surface area (Å²) < 4.78 is 12.9. The van der Waals surface area contributed by atoms with Crippen molar-refractivity contribution < 1.29 is 9.18 Å². The van der Waals surface area contributed by atoms with E-state index in [4.69, 9.17) is 6.42 Å². The van der Waals surface area contributed by atoms with Crippen LogP contribution in [0.15, 0.2) is 18.2 Å². The molecule has 0 atom stereocenters. The number of halogens is 1. The van der Waals surface area contributed by atoms with Gasteiger partial charge in [0.2, 0.25) is 6.41 Å². The zero-order chi connectivity index (χ0) is 8.97. The fourth-order valence-corrected chi connectivity index (χ4v) is 0.785. The quantitative estimate of drug-likeness (QED) is 0.517. The van der Waals surface area contributed by atoms with E-state index in [-0.39, 0.29) is 5.69 Å². The second-order valence-corrected chi connectivity index (χ2v) is 2.10. The lowest BCUT2D eigenvalue weighted by Gasteiger charge is -1.99. The Kier molecular flexibility index (Phi) is 2.44. The van der Waals surface area contributed by atoms with Crippen molar-refractivity contribution in [3.8, 4) is 12.3 Å². The maximum absolute atomic E-state index is 12.9. The van der Waals surface area contributed by atoms with Gasteiger partial charge < -0.3 is 5.32 Å². The van der Waals surface area contributed by atoms with E-state index in [9.17, 15) is 9.18 Å². The SMILES string of the molecule is C#Cc1ccc(NC=O)c(F)c1. The Morgan fingerprint density at radius 2 is 2.33 bits per heavy atom. The topological polar surface area (TPSA) is 29.1 Å². The van der Waals surface area contributed by atoms with Crippen LogP contribution in [-0.4, -0.2) is 6.41 Å². The zero-order valence-corrected chi connectivity index (χ0v) is 6.17. The highest BCUT2D eigenvalue weighted by molar-refractivity contribution is 5.71. The van der Waals surface area contributed by atoms with Crippen LogP contribution in [0.5, 0.6) is 0 Å². The summed E-state index contributed by atoms with van der Waals surface area (Å²) >= 11 is 0. The van der Waals surface area contributed by atoms with Gasteiger partial charge in [0.15, 0.2) is 0 Å². The minimum atomic E-state index is -0.530. The summed E-state index contributed by atoms with van der Waals surface area (Å²) in [5.74, 6) is 1.75. The Bertz CT molecular complexity index is 341. The highest BCUT2D eigenvalue weighted by Gasteiger charge is 2.00. The number of carbonyl (C=O) groups is 1. The standard InChI is InChI=1S/C9H6FNO/c1-2-7-3-4-9(11-6-12)8(10)5-7/h1,3-6H,(H,11,12). The van der Waals surface area contributed by atoms with Crippen LogP contribution in [-0.2, 0) is 4.79 Å². The van der Waals surface area contributed by atoms with Gasteiger partial charge in [0, 0.05) is 5.56 Å². The van der Waals surface area contributed by atoms with Gasteiger partial charge in [-0.1, -0.05) is 5.92 Å². The number of carbonyl (C=O) groups excluding carboxylic acids is 1. The average molecular weight is 163 g/mol. The molecule has 0 saturated carbocycles. The van der Waals surface area contributed by atoms with Crippen molar-refractivity contribution in [1.29, 1.82) is 0 Å². The predicted octanol–water partition coefficient (Wildman–Crippen LogP) is 1.38. The predicted molar refractivity (Wildman–Crippen MR) is 44.0 cm³/mol. The first-order valence-corrected chi connectivity index (χ1v) is 3.24. The molecule has 1 aromatic rings. The number of amides is 1. The van der Waals surface area contributed by atoms with Crippen molar-refractivity contribution in [3.63, 3.8) is 0 Å². The molecule has 0 saturated heterocycles. The molecule has 2 nitrogen and oxygen atoms in total. The fraction of sp³-hybridized carbons (Fsp3) is 0. The van der Waals surface area contributed by atoms with Gasteiger partial charge in [-0.25, -0.2) is 4.39 Å². The summed E-state index contributed by atoms with van der Waals surface area (Å²) in [4.78, 5) is 9.96. The number of nitrogens with one attached hydrogen (secondary N) is 1. The molecule has 1 N–H and O–H groups in total. The van der Waals surface area contributed by atoms with Crippen molar-refractivity contribution in [2.24, 2.45) is 0 Å². The second-order valence-electron chi connectivity index (χ2n) is 2.10. The number of benzene rings is 1. The van der Waals surface area contributed by atoms with Crippen LogP contribution in [0.2, 0.25) is 0 Å². The molecule has 0 heterocycles. The second kappa shape index (κ2) is 3.54. The molecule has 0 aliphatic heterocycles. The number of hydrogen-bond donors (Lipinski definition) is 1. The van der Waals surface area contributed by atoms with Gasteiger partial charge in [-0.15, -0.1) is 6.42 Å². The zero-order valence-electron chi connectivity index (χ0n) is 6.17. The minimum Gasteiger partial charge on any atom is -0.326 e. The lowest BCUT2D eigenvalue weighted by molar-refractivity contribution is -0.105. The lowest BCUT2D eigenvalue weighted by Crippen LogP contribution is -1.96. The molecule has 0 aromatic heterocycles. The van der Waals surface area contributed by atoms with Gasteiger partial charge in [0.05, 0.1) is 5.69 Å². The Morgan fingerprint density at radius 1 is 1.58 bits per heavy atom. The smallest absolute Gasteiger partial charge is 0.211 e. The van der Waals surface area contributed by atoms with Gasteiger partial charge in [-0.3, -0.25) is 4.79 Å². The summed E-state index contributed by atoms with van der Waals surface area (Å²) in [6.07, 6.45) is 5.45. The van der Waals surface area contributed by atoms with Gasteiger partial charge >= 0.3 is 0 Å². The third-order valence-electron chi connectivity index (χ3n) is 1.35. The van der Waals surface area contributed by atoms with Crippen molar-refractivity contribution in [2.45, 2.75) is 0 Å². The molecule has 1 amide bonds. The van der Waals surface area contributed by atoms with Crippen LogP contribution in [0.25, 0.3) is 0 Å². The summed E-state index contributed by atoms with van der Waals surface area (Å²) in [7, 11) is 0.